The van der Waals surface area contributed by atoms with Crippen LogP contribution in [0.25, 0.3) is 11.1 Å². The predicted octanol–water partition coefficient (Wildman–Crippen LogP) is 3.90. The number of carbonyl (C=O) groups is 1. The van der Waals surface area contributed by atoms with Crippen LogP contribution < -0.4 is 5.32 Å². The van der Waals surface area contributed by atoms with Gasteiger partial charge in [0.1, 0.15) is 0 Å². The molecule has 0 aliphatic rings. The molecule has 4 heteroatoms. The van der Waals surface area contributed by atoms with Crippen molar-refractivity contribution in [2.45, 2.75) is 25.8 Å². The van der Waals surface area contributed by atoms with E-state index in [9.17, 15) is 4.79 Å². The molecule has 22 heavy (non-hydrogen) atoms. The summed E-state index contributed by atoms with van der Waals surface area (Å²) >= 11 is 6.17. The van der Waals surface area contributed by atoms with Crippen molar-refractivity contribution in [2.24, 2.45) is 0 Å². The van der Waals surface area contributed by atoms with Crippen molar-refractivity contribution in [1.82, 2.24) is 5.32 Å². The molecule has 0 spiro atoms. The van der Waals surface area contributed by atoms with Gasteiger partial charge in [-0.3, -0.25) is 4.79 Å². The van der Waals surface area contributed by atoms with Crippen LogP contribution in [0.1, 0.15) is 30.1 Å². The number of amides is 1. The van der Waals surface area contributed by atoms with Gasteiger partial charge in [-0.05, 0) is 43.0 Å². The maximum absolute atomic E-state index is 12.4. The Morgan fingerprint density at radius 1 is 1.18 bits per heavy atom. The van der Waals surface area contributed by atoms with E-state index in [1.165, 1.54) is 0 Å². The summed E-state index contributed by atoms with van der Waals surface area (Å²) in [6.45, 7) is 2.05. The van der Waals surface area contributed by atoms with Crippen LogP contribution in [0.4, 0.5) is 0 Å². The summed E-state index contributed by atoms with van der Waals surface area (Å²) in [7, 11) is 0. The van der Waals surface area contributed by atoms with E-state index in [0.717, 1.165) is 17.5 Å². The zero-order valence-electron chi connectivity index (χ0n) is 12.6. The van der Waals surface area contributed by atoms with E-state index in [-0.39, 0.29) is 18.6 Å². The molecule has 0 radical (unpaired) electrons. The van der Waals surface area contributed by atoms with Gasteiger partial charge in [-0.25, -0.2) is 0 Å². The molecule has 1 amide bonds. The Morgan fingerprint density at radius 2 is 1.91 bits per heavy atom. The minimum atomic E-state index is -0.187. The van der Waals surface area contributed by atoms with E-state index in [0.29, 0.717) is 17.0 Å². The molecule has 1 unspecified atom stereocenters. The number of hydrogen-bond acceptors (Lipinski definition) is 2. The van der Waals surface area contributed by atoms with Crippen molar-refractivity contribution >= 4 is 17.5 Å². The molecule has 2 N–H and O–H groups in total. The molecule has 2 aromatic rings. The van der Waals surface area contributed by atoms with Gasteiger partial charge < -0.3 is 10.4 Å². The van der Waals surface area contributed by atoms with Gasteiger partial charge in [-0.15, -0.1) is 0 Å². The lowest BCUT2D eigenvalue weighted by molar-refractivity contribution is 0.0936. The summed E-state index contributed by atoms with van der Waals surface area (Å²) in [5.41, 5.74) is 2.47. The lowest BCUT2D eigenvalue weighted by Gasteiger charge is -2.14. The predicted molar refractivity (Wildman–Crippen MR) is 90.1 cm³/mol. The standard InChI is InChI=1S/C18H20ClNO2/c1-13(6-5-11-21)20-18(22)16-12-15(9-10-17(16)19)14-7-3-2-4-8-14/h2-4,7-10,12-13,21H,5-6,11H2,1H3,(H,20,22). The van der Waals surface area contributed by atoms with Gasteiger partial charge in [0, 0.05) is 12.6 Å². The monoisotopic (exact) mass is 317 g/mol. The molecule has 0 aromatic heterocycles. The highest BCUT2D eigenvalue weighted by molar-refractivity contribution is 6.34. The van der Waals surface area contributed by atoms with Crippen molar-refractivity contribution in [2.75, 3.05) is 6.61 Å². The van der Waals surface area contributed by atoms with Crippen molar-refractivity contribution in [3.05, 3.63) is 59.1 Å². The number of carbonyl (C=O) groups excluding carboxylic acids is 1. The van der Waals surface area contributed by atoms with Gasteiger partial charge in [0.2, 0.25) is 0 Å². The molecule has 0 fully saturated rings. The smallest absolute Gasteiger partial charge is 0.253 e. The molecule has 2 aromatic carbocycles. The Labute approximate surface area is 135 Å². The molecular weight excluding hydrogens is 298 g/mol. The Balaban J connectivity index is 2.18. The first-order valence-corrected chi connectivity index (χ1v) is 7.76. The van der Waals surface area contributed by atoms with Crippen LogP contribution in [0, 0.1) is 0 Å². The summed E-state index contributed by atoms with van der Waals surface area (Å²) < 4.78 is 0. The molecule has 2 rings (SSSR count). The number of aliphatic hydroxyl groups is 1. The van der Waals surface area contributed by atoms with E-state index in [1.54, 1.807) is 6.07 Å². The lowest BCUT2D eigenvalue weighted by atomic mass is 10.0. The van der Waals surface area contributed by atoms with Crippen LogP contribution in [0.15, 0.2) is 48.5 Å². The van der Waals surface area contributed by atoms with Crippen molar-refractivity contribution in [3.8, 4) is 11.1 Å². The summed E-state index contributed by atoms with van der Waals surface area (Å²) in [6.07, 6.45) is 1.40. The Hall–Kier alpha value is -1.84. The number of halogens is 1. The van der Waals surface area contributed by atoms with Crippen LogP contribution >= 0.6 is 11.6 Å². The Bertz CT molecular complexity index is 628. The highest BCUT2D eigenvalue weighted by Crippen LogP contribution is 2.25. The largest absolute Gasteiger partial charge is 0.396 e. The second kappa shape index (κ2) is 7.97. The number of rotatable bonds is 6. The van der Waals surface area contributed by atoms with Gasteiger partial charge in [0.25, 0.3) is 5.91 Å². The molecule has 0 aliphatic heterocycles. The molecule has 116 valence electrons. The van der Waals surface area contributed by atoms with Gasteiger partial charge >= 0.3 is 0 Å². The maximum atomic E-state index is 12.4. The highest BCUT2D eigenvalue weighted by Gasteiger charge is 2.14. The second-order valence-electron chi connectivity index (χ2n) is 5.30. The van der Waals surface area contributed by atoms with E-state index in [2.05, 4.69) is 5.32 Å². The van der Waals surface area contributed by atoms with Crippen LogP contribution in [0.2, 0.25) is 5.02 Å². The third-order valence-corrected chi connectivity index (χ3v) is 3.82. The molecule has 0 saturated carbocycles. The van der Waals surface area contributed by atoms with Crippen LogP contribution in [0.3, 0.4) is 0 Å². The molecule has 0 aliphatic carbocycles. The van der Waals surface area contributed by atoms with E-state index < -0.39 is 0 Å². The van der Waals surface area contributed by atoms with Crippen molar-refractivity contribution in [1.29, 1.82) is 0 Å². The summed E-state index contributed by atoms with van der Waals surface area (Å²) in [6, 6.07) is 15.3. The fourth-order valence-electron chi connectivity index (χ4n) is 2.28. The number of benzene rings is 2. The van der Waals surface area contributed by atoms with Crippen molar-refractivity contribution in [3.63, 3.8) is 0 Å². The molecule has 0 heterocycles. The topological polar surface area (TPSA) is 49.3 Å². The molecular formula is C18H20ClNO2. The molecule has 0 bridgehead atoms. The number of nitrogens with one attached hydrogen (secondary N) is 1. The second-order valence-corrected chi connectivity index (χ2v) is 5.71. The molecule has 1 atom stereocenters. The summed E-state index contributed by atoms with van der Waals surface area (Å²) in [5.74, 6) is -0.187. The lowest BCUT2D eigenvalue weighted by Crippen LogP contribution is -2.32. The van der Waals surface area contributed by atoms with E-state index >= 15 is 0 Å². The van der Waals surface area contributed by atoms with Crippen LogP contribution in [-0.4, -0.2) is 23.7 Å². The zero-order chi connectivity index (χ0) is 15.9. The highest BCUT2D eigenvalue weighted by atomic mass is 35.5. The van der Waals surface area contributed by atoms with Crippen molar-refractivity contribution < 1.29 is 9.90 Å². The normalized spacial score (nSPS) is 12.0. The van der Waals surface area contributed by atoms with Gasteiger partial charge in [0.15, 0.2) is 0 Å². The fraction of sp³-hybridized carbons (Fsp3) is 0.278. The Kier molecular flexibility index (Phi) is 5.99. The first kappa shape index (κ1) is 16.5. The Morgan fingerprint density at radius 3 is 2.59 bits per heavy atom. The average Bonchev–Trinajstić information content (AvgIpc) is 2.54. The van der Waals surface area contributed by atoms with Gasteiger partial charge in [-0.2, -0.15) is 0 Å². The quantitative estimate of drug-likeness (QED) is 0.849. The minimum absolute atomic E-state index is 0.00361. The molecule has 0 saturated heterocycles. The number of aliphatic hydroxyl groups excluding tert-OH is 1. The maximum Gasteiger partial charge on any atom is 0.253 e. The molecule has 3 nitrogen and oxygen atoms in total. The summed E-state index contributed by atoms with van der Waals surface area (Å²) in [5, 5.41) is 12.2. The van der Waals surface area contributed by atoms with Crippen LogP contribution in [0.5, 0.6) is 0 Å². The number of hydrogen-bond donors (Lipinski definition) is 2. The van der Waals surface area contributed by atoms with E-state index in [4.69, 9.17) is 16.7 Å². The van der Waals surface area contributed by atoms with Crippen LogP contribution in [-0.2, 0) is 0 Å². The third kappa shape index (κ3) is 4.33. The first-order valence-electron chi connectivity index (χ1n) is 7.38. The average molecular weight is 318 g/mol. The van der Waals surface area contributed by atoms with Gasteiger partial charge in [-0.1, -0.05) is 48.0 Å². The third-order valence-electron chi connectivity index (χ3n) is 3.49. The fourth-order valence-corrected chi connectivity index (χ4v) is 2.48. The van der Waals surface area contributed by atoms with Gasteiger partial charge in [0.05, 0.1) is 10.6 Å². The summed E-state index contributed by atoms with van der Waals surface area (Å²) in [4.78, 5) is 12.4. The SMILES string of the molecule is CC(CCCO)NC(=O)c1cc(-c2ccccc2)ccc1Cl. The van der Waals surface area contributed by atoms with E-state index in [1.807, 2.05) is 49.4 Å². The zero-order valence-corrected chi connectivity index (χ0v) is 13.3. The first-order chi connectivity index (χ1) is 10.6. The minimum Gasteiger partial charge on any atom is -0.396 e.